The Bertz CT molecular complexity index is 3570. The molecular formula is C93H155N10O37P. The van der Waals surface area contributed by atoms with E-state index in [0.717, 1.165) is 60.8 Å². The summed E-state index contributed by atoms with van der Waals surface area (Å²) in [6.07, 6.45) is -5.52. The first-order valence-electron chi connectivity index (χ1n) is 48.4. The van der Waals surface area contributed by atoms with Crippen molar-refractivity contribution >= 4 is 110 Å². The molecule has 0 aromatic rings. The van der Waals surface area contributed by atoms with E-state index in [2.05, 4.69) is 81.0 Å². The maximum absolute atomic E-state index is 14.3. The van der Waals surface area contributed by atoms with E-state index in [1.165, 1.54) is 41.5 Å². The van der Waals surface area contributed by atoms with Crippen LogP contribution in [0.15, 0.2) is 0 Å². The molecule has 1 unspecified atom stereocenters. The van der Waals surface area contributed by atoms with Crippen LogP contribution in [0.3, 0.4) is 0 Å². The van der Waals surface area contributed by atoms with Gasteiger partial charge in [-0.2, -0.15) is 5.26 Å². The lowest BCUT2D eigenvalue weighted by molar-refractivity contribution is -0.277. The smallest absolute Gasteiger partial charge is 0.303 e. The Morgan fingerprint density at radius 1 is 0.326 bits per heavy atom. The molecule has 8 amide bonds. The minimum atomic E-state index is -1.54. The van der Waals surface area contributed by atoms with Gasteiger partial charge in [-0.1, -0.05) is 51.4 Å². The maximum atomic E-state index is 14.3. The number of esters is 9. The topological polar surface area (TPSA) is 598 Å². The van der Waals surface area contributed by atoms with E-state index >= 15 is 0 Å². The molecule has 0 aliphatic carbocycles. The van der Waals surface area contributed by atoms with Crippen LogP contribution in [0.1, 0.15) is 258 Å². The average molecular weight is 2040 g/mol. The van der Waals surface area contributed by atoms with Gasteiger partial charge in [0.05, 0.1) is 65.3 Å². The number of nitriles is 1. The first-order chi connectivity index (χ1) is 67.0. The number of rotatable bonds is 73. The van der Waals surface area contributed by atoms with E-state index in [-0.39, 0.29) is 166 Å². The van der Waals surface area contributed by atoms with Gasteiger partial charge in [-0.25, -0.2) is 4.67 Å². The summed E-state index contributed by atoms with van der Waals surface area (Å²) < 4.78 is 118. The van der Waals surface area contributed by atoms with Gasteiger partial charge >= 0.3 is 53.7 Å². The standard InChI is InChI=1S/C93H155N10O37P/c1-59(2)103(60(3)4)141(131-49-34-40-94)130-48-32-24-20-28-41-95-76(116)35-33-36-80(120)102-93(56-121-50-37-77(117)96-42-25-17-21-29-45-124-90-81(99-61(5)104)87(135-70(14)113)84(132-67(11)110)73(138-90)53-127-64(8)107,57-122-51-38-78(118)97-43-26-18-22-30-46-125-91-82(100-62(6)105)88(136-71(15)114)85(133-68(12)111)74(139-91)54-128-65(9)108)58-123-52-39-79(119)98-44-27-19-23-31-47-126-92-83(101-63(7)106)89(137-72(16)115)86(134-69(13)112)75(140-92)55-129-66(10)109/h59-60,73-75,81-92H,17-39,41-58H2,1-16H3,(H,95,116)(H,96,117)(H,97,118)(H,98,119)(H,99,104)(H,100,105)(H,101,106)(H,102,120)/t73-,74-,75-,81-,82-,83-,84+,85+,86+,87-,88-,89-,90-,91-,92-,141?/m1/s1. The average Bonchev–Trinajstić information content (AvgIpc) is 0.793. The summed E-state index contributed by atoms with van der Waals surface area (Å²) in [5.41, 5.74) is -1.54. The van der Waals surface area contributed by atoms with Gasteiger partial charge < -0.3 is 137 Å². The molecule has 47 nitrogen and oxygen atoms in total. The number of amides is 8. The van der Waals surface area contributed by atoms with Gasteiger partial charge in [-0.15, -0.1) is 0 Å². The third-order valence-electron chi connectivity index (χ3n) is 21.3. The number of hydrogen-bond donors (Lipinski definition) is 8. The van der Waals surface area contributed by atoms with Gasteiger partial charge in [0.1, 0.15) is 61.8 Å². The number of ether oxygens (including phenoxy) is 18. The Kier molecular flexibility index (Phi) is 64.0. The lowest BCUT2D eigenvalue weighted by Gasteiger charge is -2.44. The minimum Gasteiger partial charge on any atom is -0.463 e. The quantitative estimate of drug-likeness (QED) is 0.0183. The Balaban J connectivity index is 1.79. The molecule has 48 heteroatoms. The van der Waals surface area contributed by atoms with E-state index in [9.17, 15) is 81.5 Å². The number of hydrogen-bond acceptors (Lipinski definition) is 39. The lowest BCUT2D eigenvalue weighted by Crippen LogP contribution is -2.66. The highest BCUT2D eigenvalue weighted by molar-refractivity contribution is 7.44. The highest BCUT2D eigenvalue weighted by Gasteiger charge is 2.55. The Morgan fingerprint density at radius 2 is 0.596 bits per heavy atom. The van der Waals surface area contributed by atoms with Crippen LogP contribution in [-0.4, -0.2) is 334 Å². The number of nitrogens with zero attached hydrogens (tertiary/aromatic N) is 2. The van der Waals surface area contributed by atoms with Crippen molar-refractivity contribution in [2.24, 2.45) is 0 Å². The summed E-state index contributed by atoms with van der Waals surface area (Å²) in [6.45, 7) is 21.7. The van der Waals surface area contributed by atoms with E-state index in [1.807, 2.05) is 0 Å². The predicted molar refractivity (Wildman–Crippen MR) is 498 cm³/mol. The molecule has 3 aliphatic heterocycles. The zero-order valence-corrected chi connectivity index (χ0v) is 85.6. The molecule has 16 atom stereocenters. The summed E-state index contributed by atoms with van der Waals surface area (Å²) in [6, 6.07) is -1.03. The van der Waals surface area contributed by atoms with Crippen LogP contribution in [-0.2, 0) is 176 Å². The summed E-state index contributed by atoms with van der Waals surface area (Å²) in [7, 11) is -1.38. The molecule has 0 spiro atoms. The highest BCUT2D eigenvalue weighted by atomic mass is 31.2. The predicted octanol–water partition coefficient (Wildman–Crippen LogP) is 4.25. The van der Waals surface area contributed by atoms with Crippen molar-refractivity contribution < 1.29 is 176 Å². The van der Waals surface area contributed by atoms with Crippen molar-refractivity contribution in [2.45, 2.75) is 368 Å². The molecule has 8 N–H and O–H groups in total. The zero-order chi connectivity index (χ0) is 105. The monoisotopic (exact) mass is 2040 g/mol. The van der Waals surface area contributed by atoms with Crippen molar-refractivity contribution in [3.8, 4) is 6.07 Å². The normalized spacial score (nSPS) is 21.2. The van der Waals surface area contributed by atoms with Gasteiger partial charge in [-0.3, -0.25) is 81.5 Å². The minimum absolute atomic E-state index is 0.00468. The van der Waals surface area contributed by atoms with Crippen LogP contribution in [0.4, 0.5) is 0 Å². The molecular weight excluding hydrogens is 1880 g/mol. The van der Waals surface area contributed by atoms with Gasteiger partial charge in [0.25, 0.3) is 8.53 Å². The first kappa shape index (κ1) is 126. The van der Waals surface area contributed by atoms with Crippen LogP contribution < -0.4 is 42.5 Å². The van der Waals surface area contributed by atoms with Crippen LogP contribution in [0.5, 0.6) is 0 Å². The van der Waals surface area contributed by atoms with E-state index in [0.29, 0.717) is 96.6 Å². The highest BCUT2D eigenvalue weighted by Crippen LogP contribution is 2.46. The van der Waals surface area contributed by atoms with Gasteiger partial charge in [0, 0.05) is 173 Å². The molecule has 0 saturated carbocycles. The van der Waals surface area contributed by atoms with Crippen LogP contribution in [0, 0.1) is 11.3 Å². The van der Waals surface area contributed by atoms with Crippen LogP contribution in [0.2, 0.25) is 0 Å². The third kappa shape index (κ3) is 55.2. The molecule has 0 aromatic heterocycles. The number of unbranched alkanes of at least 4 members (excludes halogenated alkanes) is 12. The second kappa shape index (κ2) is 71.8. The molecule has 141 heavy (non-hydrogen) atoms. The van der Waals surface area contributed by atoms with Crippen molar-refractivity contribution in [3.05, 3.63) is 0 Å². The summed E-state index contributed by atoms with van der Waals surface area (Å²) in [5, 5.41) is 31.7. The van der Waals surface area contributed by atoms with Crippen LogP contribution in [0.25, 0.3) is 0 Å². The van der Waals surface area contributed by atoms with E-state index in [4.69, 9.17) is 99.6 Å². The fraction of sp³-hybridized carbons (Fsp3) is 0.806. The molecule has 3 fully saturated rings. The molecule has 0 radical (unpaired) electrons. The largest absolute Gasteiger partial charge is 0.463 e. The number of carbonyl (C=O) groups is 17. The summed E-state index contributed by atoms with van der Waals surface area (Å²) in [4.78, 5) is 214. The van der Waals surface area contributed by atoms with Crippen molar-refractivity contribution in [2.75, 3.05) is 119 Å². The van der Waals surface area contributed by atoms with Gasteiger partial charge in [0.2, 0.25) is 47.3 Å². The van der Waals surface area contributed by atoms with E-state index in [1.54, 1.807) is 0 Å². The molecule has 3 rings (SSSR count). The fourth-order valence-corrected chi connectivity index (χ4v) is 16.9. The molecule has 3 heterocycles. The summed E-state index contributed by atoms with van der Waals surface area (Å²) >= 11 is 0. The molecule has 0 bridgehead atoms. The second-order valence-electron chi connectivity index (χ2n) is 34.8. The van der Waals surface area contributed by atoms with Crippen molar-refractivity contribution in [1.29, 1.82) is 5.26 Å². The van der Waals surface area contributed by atoms with Crippen LogP contribution >= 0.6 is 8.53 Å². The Hall–Kier alpha value is -9.57. The third-order valence-corrected chi connectivity index (χ3v) is 23.4. The van der Waals surface area contributed by atoms with Gasteiger partial charge in [0.15, 0.2) is 55.5 Å². The van der Waals surface area contributed by atoms with Crippen molar-refractivity contribution in [3.63, 3.8) is 0 Å². The van der Waals surface area contributed by atoms with Gasteiger partial charge in [-0.05, 0) is 85.5 Å². The van der Waals surface area contributed by atoms with E-state index < -0.39 is 203 Å². The number of carbonyl (C=O) groups excluding carboxylic acids is 17. The molecule has 0 aromatic carbocycles. The maximum Gasteiger partial charge on any atom is 0.303 e. The molecule has 3 saturated heterocycles. The Morgan fingerprint density at radius 3 is 0.872 bits per heavy atom. The Labute approximate surface area is 827 Å². The fourth-order valence-electron chi connectivity index (χ4n) is 15.2. The van der Waals surface area contributed by atoms with Crippen molar-refractivity contribution in [1.82, 2.24) is 47.2 Å². The molecule has 3 aliphatic rings. The number of nitrogens with one attached hydrogen (secondary N) is 8. The first-order valence-corrected chi connectivity index (χ1v) is 49.6. The zero-order valence-electron chi connectivity index (χ0n) is 84.8. The summed E-state index contributed by atoms with van der Waals surface area (Å²) in [5.74, 6) is -10.1. The second-order valence-corrected chi connectivity index (χ2v) is 36.3. The molecule has 804 valence electrons. The lowest BCUT2D eigenvalue weighted by atomic mass is 9.96. The SMILES string of the molecule is CC(=O)N[C@H]1[C@H](OCCCCCCNC(=O)CCOCC(COCCC(=O)NCCCCCCO[C@@H]2O[C@H](COC(C)=O)[C@H](OC(C)=O)[C@H](OC(C)=O)[C@H]2NC(C)=O)(COCCC(=O)NCCCCCCO[C@@H]2O[C@H](COC(C)=O)[C@H](OC(C)=O)[C@H](OC(C)=O)[C@H]2NC(C)=O)NC(=O)CCCC(=O)NCCCCCCOP(OCCC#N)N(C(C)C)C(C)C)O[C@H](COC(C)=O)[C@H](OC(C)=O)[C@@H]1OC(C)=O.